The average Bonchev–Trinajstić information content (AvgIpc) is 2.41. The Morgan fingerprint density at radius 2 is 1.90 bits per heavy atom. The maximum absolute atomic E-state index is 11.8. The molecule has 0 saturated heterocycles. The number of hydrogen-bond acceptors (Lipinski definition) is 7. The molecule has 0 spiro atoms. The Labute approximate surface area is 118 Å². The lowest BCUT2D eigenvalue weighted by Crippen LogP contribution is -2.39. The van der Waals surface area contributed by atoms with Crippen LogP contribution in [0.3, 0.4) is 0 Å². The van der Waals surface area contributed by atoms with Crippen LogP contribution in [0, 0.1) is 5.41 Å². The zero-order valence-corrected chi connectivity index (χ0v) is 11.9. The van der Waals surface area contributed by atoms with Crippen molar-refractivity contribution in [2.75, 3.05) is 26.4 Å². The third kappa shape index (κ3) is 6.14. The Balaban J connectivity index is 4.17. The lowest BCUT2D eigenvalue weighted by molar-refractivity contribution is -0.160. The number of carbonyl (C=O) groups is 2. The van der Waals surface area contributed by atoms with Crippen molar-refractivity contribution in [2.45, 2.75) is 26.4 Å². The largest absolute Gasteiger partial charge is 0.462 e. The lowest BCUT2D eigenvalue weighted by Gasteiger charge is -2.25. The molecule has 0 aromatic rings. The van der Waals surface area contributed by atoms with Crippen molar-refractivity contribution in [3.8, 4) is 0 Å². The number of rotatable bonds is 9. The summed E-state index contributed by atoms with van der Waals surface area (Å²) in [4.78, 5) is 22.9. The first-order valence-corrected chi connectivity index (χ1v) is 6.25. The smallest absolute Gasteiger partial charge is 0.333 e. The number of aliphatic hydroxyl groups excluding tert-OH is 2. The number of ether oxygens (including phenoxy) is 2. The van der Waals surface area contributed by atoms with Crippen LogP contribution in [0.15, 0.2) is 12.2 Å². The van der Waals surface area contributed by atoms with Crippen LogP contribution in [-0.4, -0.2) is 54.6 Å². The molecule has 0 fully saturated rings. The van der Waals surface area contributed by atoms with Crippen molar-refractivity contribution in [3.05, 3.63) is 12.2 Å². The van der Waals surface area contributed by atoms with Crippen LogP contribution in [0.5, 0.6) is 0 Å². The van der Waals surface area contributed by atoms with Gasteiger partial charge in [-0.25, -0.2) is 4.79 Å². The highest BCUT2D eigenvalue weighted by Gasteiger charge is 2.33. The summed E-state index contributed by atoms with van der Waals surface area (Å²) in [5.74, 6) is -1.23. The van der Waals surface area contributed by atoms with Gasteiger partial charge in [-0.1, -0.05) is 6.58 Å². The second-order valence-corrected chi connectivity index (χ2v) is 4.87. The van der Waals surface area contributed by atoms with Gasteiger partial charge in [0.1, 0.15) is 19.3 Å². The van der Waals surface area contributed by atoms with E-state index < -0.39 is 23.5 Å². The van der Waals surface area contributed by atoms with Crippen LogP contribution in [0.25, 0.3) is 0 Å². The van der Waals surface area contributed by atoms with Crippen molar-refractivity contribution in [2.24, 2.45) is 11.1 Å². The molecular formula is C13H23NO6. The average molecular weight is 289 g/mol. The van der Waals surface area contributed by atoms with E-state index in [0.29, 0.717) is 0 Å². The van der Waals surface area contributed by atoms with Gasteiger partial charge in [0.2, 0.25) is 0 Å². The molecule has 0 radical (unpaired) electrons. The third-order valence-electron chi connectivity index (χ3n) is 2.77. The quantitative estimate of drug-likeness (QED) is 0.381. The number of nitrogens with two attached hydrogens (primary N) is 1. The van der Waals surface area contributed by atoms with Crippen molar-refractivity contribution >= 4 is 11.9 Å². The van der Waals surface area contributed by atoms with Crippen molar-refractivity contribution in [3.63, 3.8) is 0 Å². The molecule has 2 unspecified atom stereocenters. The van der Waals surface area contributed by atoms with E-state index in [9.17, 15) is 14.7 Å². The van der Waals surface area contributed by atoms with Crippen LogP contribution < -0.4 is 5.73 Å². The molecule has 7 heteroatoms. The summed E-state index contributed by atoms with van der Waals surface area (Å²) in [6, 6.07) is 0. The highest BCUT2D eigenvalue weighted by molar-refractivity contribution is 5.86. The van der Waals surface area contributed by atoms with Gasteiger partial charge in [-0.3, -0.25) is 4.79 Å². The fourth-order valence-electron chi connectivity index (χ4n) is 1.22. The molecule has 0 amide bonds. The van der Waals surface area contributed by atoms with Gasteiger partial charge < -0.3 is 25.4 Å². The molecule has 20 heavy (non-hydrogen) atoms. The van der Waals surface area contributed by atoms with Crippen LogP contribution in [0.4, 0.5) is 0 Å². The monoisotopic (exact) mass is 289 g/mol. The second kappa shape index (κ2) is 8.68. The van der Waals surface area contributed by atoms with E-state index in [4.69, 9.17) is 20.3 Å². The normalized spacial score (nSPS) is 15.1. The van der Waals surface area contributed by atoms with Gasteiger partial charge in [-0.2, -0.15) is 0 Å². The molecule has 0 aliphatic carbocycles. The molecule has 4 N–H and O–H groups in total. The minimum Gasteiger partial charge on any atom is -0.462 e. The molecule has 0 rings (SSSR count). The molecule has 0 aromatic carbocycles. The summed E-state index contributed by atoms with van der Waals surface area (Å²) in [5, 5.41) is 18.4. The highest BCUT2D eigenvalue weighted by Crippen LogP contribution is 2.21. The Kier molecular flexibility index (Phi) is 8.05. The second-order valence-electron chi connectivity index (χ2n) is 4.87. The lowest BCUT2D eigenvalue weighted by atomic mass is 9.87. The fraction of sp³-hybridized carbons (Fsp3) is 0.692. The molecule has 0 heterocycles. The fourth-order valence-corrected chi connectivity index (χ4v) is 1.22. The summed E-state index contributed by atoms with van der Waals surface area (Å²) in [6.07, 6.45) is -0.957. The summed E-state index contributed by atoms with van der Waals surface area (Å²) in [6.45, 7) is 5.66. The van der Waals surface area contributed by atoms with E-state index in [1.807, 2.05) is 0 Å². The molecule has 7 nitrogen and oxygen atoms in total. The van der Waals surface area contributed by atoms with Gasteiger partial charge in [0.25, 0.3) is 0 Å². The van der Waals surface area contributed by atoms with E-state index in [1.165, 1.54) is 6.92 Å². The van der Waals surface area contributed by atoms with Gasteiger partial charge in [0.15, 0.2) is 0 Å². The molecule has 116 valence electrons. The minimum atomic E-state index is -1.13. The van der Waals surface area contributed by atoms with E-state index >= 15 is 0 Å². The van der Waals surface area contributed by atoms with Gasteiger partial charge in [-0.15, -0.1) is 0 Å². The molecule has 0 saturated carbocycles. The first-order valence-electron chi connectivity index (χ1n) is 6.25. The highest BCUT2D eigenvalue weighted by atomic mass is 16.6. The Morgan fingerprint density at radius 1 is 1.35 bits per heavy atom. The molecule has 2 atom stereocenters. The molecular weight excluding hydrogens is 266 g/mol. The number of carbonyl (C=O) groups excluding carboxylic acids is 2. The third-order valence-corrected chi connectivity index (χ3v) is 2.77. The van der Waals surface area contributed by atoms with Crippen molar-refractivity contribution in [1.82, 2.24) is 0 Å². The number of hydrogen-bond donors (Lipinski definition) is 3. The van der Waals surface area contributed by atoms with Crippen LogP contribution in [0.1, 0.15) is 20.3 Å². The van der Waals surface area contributed by atoms with E-state index in [2.05, 4.69) is 6.58 Å². The summed E-state index contributed by atoms with van der Waals surface area (Å²) in [7, 11) is 0. The van der Waals surface area contributed by atoms with Crippen LogP contribution in [0.2, 0.25) is 0 Å². The van der Waals surface area contributed by atoms with Gasteiger partial charge in [0, 0.05) is 18.7 Å². The summed E-state index contributed by atoms with van der Waals surface area (Å²) < 4.78 is 9.62. The zero-order chi connectivity index (χ0) is 15.8. The van der Waals surface area contributed by atoms with E-state index in [0.717, 1.165) is 0 Å². The molecule has 0 bridgehead atoms. The summed E-state index contributed by atoms with van der Waals surface area (Å²) >= 11 is 0. The molecule has 0 aliphatic heterocycles. The van der Waals surface area contributed by atoms with E-state index in [-0.39, 0.29) is 38.4 Å². The standard InChI is InChI=1S/C13H23NO6/c1-9(2)11(17)19-6-10(16)7-20-12(18)13(3,8-14)4-5-15/h10,15-16H,1,4-8,14H2,2-3H3. The SMILES string of the molecule is C=C(C)C(=O)OCC(O)COC(=O)C(C)(CN)CCO. The Morgan fingerprint density at radius 3 is 2.35 bits per heavy atom. The first kappa shape index (κ1) is 18.6. The number of esters is 2. The first-order chi connectivity index (χ1) is 9.26. The van der Waals surface area contributed by atoms with Crippen LogP contribution in [-0.2, 0) is 19.1 Å². The predicted molar refractivity (Wildman–Crippen MR) is 71.6 cm³/mol. The maximum Gasteiger partial charge on any atom is 0.333 e. The van der Waals surface area contributed by atoms with Crippen molar-refractivity contribution in [1.29, 1.82) is 0 Å². The van der Waals surface area contributed by atoms with Gasteiger partial charge in [-0.05, 0) is 20.3 Å². The molecule has 0 aliphatic rings. The maximum atomic E-state index is 11.8. The topological polar surface area (TPSA) is 119 Å². The van der Waals surface area contributed by atoms with Crippen LogP contribution >= 0.6 is 0 Å². The van der Waals surface area contributed by atoms with Gasteiger partial charge in [0.05, 0.1) is 5.41 Å². The Bertz CT molecular complexity index is 357. The number of aliphatic hydroxyl groups is 2. The molecule has 0 aromatic heterocycles. The van der Waals surface area contributed by atoms with Crippen molar-refractivity contribution < 1.29 is 29.3 Å². The Hall–Kier alpha value is -1.44. The predicted octanol–water partition coefficient (Wildman–Crippen LogP) is -0.643. The summed E-state index contributed by atoms with van der Waals surface area (Å²) in [5.41, 5.74) is 4.70. The van der Waals surface area contributed by atoms with Gasteiger partial charge >= 0.3 is 11.9 Å². The minimum absolute atomic E-state index is 0.0210. The zero-order valence-electron chi connectivity index (χ0n) is 11.9. The van der Waals surface area contributed by atoms with E-state index in [1.54, 1.807) is 6.92 Å².